The van der Waals surface area contributed by atoms with E-state index in [1.165, 1.54) is 44.6 Å². The van der Waals surface area contributed by atoms with Crippen LogP contribution in [0, 0.1) is 13.8 Å². The largest absolute Gasteiger partial charge is 0.495 e. The Hall–Kier alpha value is -3.50. The van der Waals surface area contributed by atoms with E-state index in [1.807, 2.05) is 0 Å². The zero-order chi connectivity index (χ0) is 24.3. The van der Waals surface area contributed by atoms with Crippen LogP contribution in [-0.2, 0) is 14.8 Å². The lowest BCUT2D eigenvalue weighted by molar-refractivity contribution is 0.0599. The average Bonchev–Trinajstić information content (AvgIpc) is 3.08. The molecule has 0 saturated heterocycles. The van der Waals surface area contributed by atoms with E-state index in [9.17, 15) is 18.0 Å². The molecule has 3 N–H and O–H groups in total. The first-order chi connectivity index (χ1) is 15.6. The van der Waals surface area contributed by atoms with Crippen LogP contribution in [-0.4, -0.2) is 39.5 Å². The molecule has 11 heteroatoms. The Balaban J connectivity index is 1.92. The van der Waals surface area contributed by atoms with Gasteiger partial charge < -0.3 is 19.8 Å². The number of nitrogens with one attached hydrogen (secondary N) is 3. The number of halogens is 1. The summed E-state index contributed by atoms with van der Waals surface area (Å²) in [7, 11) is -1.46. The highest BCUT2D eigenvalue weighted by atomic mass is 35.5. The third-order valence-electron chi connectivity index (χ3n) is 4.86. The Morgan fingerprint density at radius 3 is 2.24 bits per heavy atom. The van der Waals surface area contributed by atoms with Gasteiger partial charge in [-0.15, -0.1) is 0 Å². The minimum Gasteiger partial charge on any atom is -0.495 e. The maximum atomic E-state index is 13.0. The molecular weight excluding hydrogens is 470 g/mol. The summed E-state index contributed by atoms with van der Waals surface area (Å²) in [5, 5.41) is 3.11. The molecule has 0 spiro atoms. The zero-order valence-electron chi connectivity index (χ0n) is 18.3. The molecule has 2 aromatic carbocycles. The number of benzene rings is 2. The van der Waals surface area contributed by atoms with Crippen molar-refractivity contribution in [1.82, 2.24) is 4.98 Å². The van der Waals surface area contributed by atoms with E-state index in [0.29, 0.717) is 22.0 Å². The van der Waals surface area contributed by atoms with Gasteiger partial charge in [-0.1, -0.05) is 11.6 Å². The highest BCUT2D eigenvalue weighted by Gasteiger charge is 2.24. The maximum absolute atomic E-state index is 13.0. The predicted octanol–water partition coefficient (Wildman–Crippen LogP) is 4.13. The molecular formula is C22H22ClN3O6S. The number of sulfonamides is 1. The van der Waals surface area contributed by atoms with Gasteiger partial charge in [0.1, 0.15) is 16.3 Å². The minimum absolute atomic E-state index is 0.0920. The van der Waals surface area contributed by atoms with E-state index in [1.54, 1.807) is 26.0 Å². The van der Waals surface area contributed by atoms with Crippen LogP contribution in [0.2, 0.25) is 5.02 Å². The molecule has 1 heterocycles. The number of carbonyl (C=O) groups excluding carboxylic acids is 2. The predicted molar refractivity (Wildman–Crippen MR) is 125 cm³/mol. The number of anilines is 2. The number of hydrogen-bond acceptors (Lipinski definition) is 6. The lowest BCUT2D eigenvalue weighted by Gasteiger charge is -2.14. The monoisotopic (exact) mass is 491 g/mol. The van der Waals surface area contributed by atoms with Gasteiger partial charge in [0.2, 0.25) is 0 Å². The summed E-state index contributed by atoms with van der Waals surface area (Å²) in [5.41, 5.74) is 1.85. The molecule has 3 aromatic rings. The Labute approximate surface area is 196 Å². The topological polar surface area (TPSA) is 127 Å². The van der Waals surface area contributed by atoms with Gasteiger partial charge in [0.05, 0.1) is 19.8 Å². The summed E-state index contributed by atoms with van der Waals surface area (Å²) < 4.78 is 38.4. The van der Waals surface area contributed by atoms with E-state index >= 15 is 0 Å². The van der Waals surface area contributed by atoms with E-state index in [-0.39, 0.29) is 27.6 Å². The summed E-state index contributed by atoms with van der Waals surface area (Å²) in [6.07, 6.45) is 0. The number of amides is 1. The molecule has 0 fully saturated rings. The third-order valence-corrected chi connectivity index (χ3v) is 6.52. The van der Waals surface area contributed by atoms with Gasteiger partial charge in [-0.3, -0.25) is 9.52 Å². The number of aryl methyl sites for hydroxylation is 1. The van der Waals surface area contributed by atoms with Crippen LogP contribution in [0.5, 0.6) is 5.75 Å². The van der Waals surface area contributed by atoms with Crippen LogP contribution in [0.1, 0.15) is 32.1 Å². The average molecular weight is 492 g/mol. The van der Waals surface area contributed by atoms with Gasteiger partial charge in [0.15, 0.2) is 0 Å². The second-order valence-corrected chi connectivity index (χ2v) is 9.14. The Bertz CT molecular complexity index is 1320. The standard InChI is InChI=1S/C22H22ClN3O6S/c1-12-19(22(28)32-4)13(2)24-20(12)21(27)25-16-9-10-17(31-3)18(11-16)33(29,30)26-15-7-5-14(23)6-8-15/h5-11,24,26H,1-4H3,(H,25,27). The van der Waals surface area contributed by atoms with Crippen molar-refractivity contribution in [2.75, 3.05) is 24.3 Å². The molecule has 0 atom stereocenters. The third kappa shape index (κ3) is 5.12. The van der Waals surface area contributed by atoms with E-state index in [0.717, 1.165) is 0 Å². The van der Waals surface area contributed by atoms with Gasteiger partial charge >= 0.3 is 5.97 Å². The van der Waals surface area contributed by atoms with Crippen molar-refractivity contribution in [3.05, 3.63) is 70.0 Å². The summed E-state index contributed by atoms with van der Waals surface area (Å²) in [6.45, 7) is 3.27. The normalized spacial score (nSPS) is 11.1. The van der Waals surface area contributed by atoms with Gasteiger partial charge in [-0.05, 0) is 61.9 Å². The van der Waals surface area contributed by atoms with Crippen LogP contribution < -0.4 is 14.8 Å². The molecule has 0 bridgehead atoms. The SMILES string of the molecule is COC(=O)c1c(C)[nH]c(C(=O)Nc2ccc(OC)c(S(=O)(=O)Nc3ccc(Cl)cc3)c2)c1C. The lowest BCUT2D eigenvalue weighted by atomic mass is 10.1. The number of hydrogen-bond donors (Lipinski definition) is 3. The van der Waals surface area contributed by atoms with E-state index in [4.69, 9.17) is 21.1 Å². The molecule has 0 aliphatic carbocycles. The molecule has 1 amide bonds. The number of H-pyrrole nitrogens is 1. The van der Waals surface area contributed by atoms with Gasteiger partial charge in [0.25, 0.3) is 15.9 Å². The van der Waals surface area contributed by atoms with Crippen molar-refractivity contribution < 1.29 is 27.5 Å². The van der Waals surface area contributed by atoms with Crippen LogP contribution in [0.15, 0.2) is 47.4 Å². The van der Waals surface area contributed by atoms with Crippen LogP contribution in [0.25, 0.3) is 0 Å². The van der Waals surface area contributed by atoms with Crippen molar-refractivity contribution in [3.8, 4) is 5.75 Å². The van der Waals surface area contributed by atoms with Gasteiger partial charge in [-0.2, -0.15) is 0 Å². The summed E-state index contributed by atoms with van der Waals surface area (Å²) in [6, 6.07) is 10.4. The van der Waals surface area contributed by atoms with Crippen molar-refractivity contribution >= 4 is 44.9 Å². The number of esters is 1. The first-order valence-corrected chi connectivity index (χ1v) is 11.5. The minimum atomic E-state index is -4.06. The number of methoxy groups -OCH3 is 2. The second-order valence-electron chi connectivity index (χ2n) is 7.05. The fourth-order valence-electron chi connectivity index (χ4n) is 3.27. The molecule has 3 rings (SSSR count). The highest BCUT2D eigenvalue weighted by molar-refractivity contribution is 7.92. The van der Waals surface area contributed by atoms with E-state index in [2.05, 4.69) is 15.0 Å². The Morgan fingerprint density at radius 1 is 1.00 bits per heavy atom. The zero-order valence-corrected chi connectivity index (χ0v) is 19.8. The van der Waals surface area contributed by atoms with Crippen molar-refractivity contribution in [2.24, 2.45) is 0 Å². The van der Waals surface area contributed by atoms with Crippen LogP contribution in [0.3, 0.4) is 0 Å². The van der Waals surface area contributed by atoms with E-state index < -0.39 is 21.9 Å². The highest BCUT2D eigenvalue weighted by Crippen LogP contribution is 2.30. The quantitative estimate of drug-likeness (QED) is 0.426. The second kappa shape index (κ2) is 9.55. The van der Waals surface area contributed by atoms with Crippen molar-refractivity contribution in [1.29, 1.82) is 0 Å². The summed E-state index contributed by atoms with van der Waals surface area (Å²) in [5.74, 6) is -1.02. The maximum Gasteiger partial charge on any atom is 0.339 e. The number of carbonyl (C=O) groups is 2. The molecule has 0 unspecified atom stereocenters. The molecule has 1 aromatic heterocycles. The van der Waals surface area contributed by atoms with Gasteiger partial charge in [0, 0.05) is 22.1 Å². The molecule has 9 nitrogen and oxygen atoms in total. The number of aromatic amines is 1. The molecule has 0 saturated carbocycles. The summed E-state index contributed by atoms with van der Waals surface area (Å²) >= 11 is 5.85. The van der Waals surface area contributed by atoms with Crippen LogP contribution >= 0.6 is 11.6 Å². The molecule has 0 radical (unpaired) electrons. The number of ether oxygens (including phenoxy) is 2. The Kier molecular flexibility index (Phi) is 6.99. The number of rotatable bonds is 7. The molecule has 0 aliphatic heterocycles. The number of aromatic nitrogens is 1. The fourth-order valence-corrected chi connectivity index (χ4v) is 4.65. The molecule has 0 aliphatic rings. The molecule has 33 heavy (non-hydrogen) atoms. The Morgan fingerprint density at radius 2 is 1.64 bits per heavy atom. The van der Waals surface area contributed by atoms with Gasteiger partial charge in [-0.25, -0.2) is 13.2 Å². The smallest absolute Gasteiger partial charge is 0.339 e. The molecule has 174 valence electrons. The summed E-state index contributed by atoms with van der Waals surface area (Å²) in [4.78, 5) is 27.5. The first kappa shape index (κ1) is 24.1. The lowest BCUT2D eigenvalue weighted by Crippen LogP contribution is -2.17. The van der Waals surface area contributed by atoms with Crippen molar-refractivity contribution in [2.45, 2.75) is 18.7 Å². The fraction of sp³-hybridized carbons (Fsp3) is 0.182. The van der Waals surface area contributed by atoms with Crippen LogP contribution in [0.4, 0.5) is 11.4 Å². The first-order valence-electron chi connectivity index (χ1n) is 9.62. The van der Waals surface area contributed by atoms with Crippen molar-refractivity contribution in [3.63, 3.8) is 0 Å².